The molecular formula is C47H53N7O7S. The van der Waals surface area contributed by atoms with E-state index >= 15 is 0 Å². The summed E-state index contributed by atoms with van der Waals surface area (Å²) in [6.07, 6.45) is 13.5. The smallest absolute Gasteiger partial charge is 0.293 e. The average Bonchev–Trinajstić information content (AvgIpc) is 3.78. The highest BCUT2D eigenvalue weighted by atomic mass is 32.2. The van der Waals surface area contributed by atoms with Crippen molar-refractivity contribution in [2.45, 2.75) is 99.6 Å². The van der Waals surface area contributed by atoms with E-state index in [-0.39, 0.29) is 29.0 Å². The number of carbonyl (C=O) groups excluding carboxylic acids is 1. The normalized spacial score (nSPS) is 23.8. The molecule has 2 aromatic heterocycles. The molecule has 4 heterocycles. The van der Waals surface area contributed by atoms with Gasteiger partial charge in [0.2, 0.25) is 0 Å². The summed E-state index contributed by atoms with van der Waals surface area (Å²) in [6.45, 7) is 5.10. The van der Waals surface area contributed by atoms with Crippen molar-refractivity contribution in [3.8, 4) is 11.5 Å². The summed E-state index contributed by atoms with van der Waals surface area (Å²) in [7, 11) is -4.58. The van der Waals surface area contributed by atoms with Gasteiger partial charge < -0.3 is 25.0 Å². The molecule has 3 saturated carbocycles. The van der Waals surface area contributed by atoms with E-state index in [0.717, 1.165) is 68.4 Å². The number of hydrogen-bond donors (Lipinski definition) is 4. The van der Waals surface area contributed by atoms with E-state index in [9.17, 15) is 28.4 Å². The lowest BCUT2D eigenvalue weighted by Crippen LogP contribution is -2.66. The number of anilines is 2. The van der Waals surface area contributed by atoms with Crippen molar-refractivity contribution in [2.24, 2.45) is 11.3 Å². The first-order valence-electron chi connectivity index (χ1n) is 22.0. The number of likely N-dealkylation sites (tertiary alicyclic amines) is 1. The van der Waals surface area contributed by atoms with Gasteiger partial charge in [-0.1, -0.05) is 31.2 Å². The third kappa shape index (κ3) is 7.90. The molecule has 62 heavy (non-hydrogen) atoms. The summed E-state index contributed by atoms with van der Waals surface area (Å²) in [5, 5.41) is 27.0. The van der Waals surface area contributed by atoms with Crippen LogP contribution in [0.1, 0.15) is 105 Å². The third-order valence-corrected chi connectivity index (χ3v) is 15.5. The van der Waals surface area contributed by atoms with E-state index in [4.69, 9.17) is 4.74 Å². The minimum Gasteiger partial charge on any atom is -0.455 e. The first-order valence-corrected chi connectivity index (χ1v) is 23.5. The van der Waals surface area contributed by atoms with E-state index in [1.54, 1.807) is 30.0 Å². The number of fused-ring (bicyclic) bond motifs is 1. The Labute approximate surface area is 361 Å². The number of nitro groups is 1. The van der Waals surface area contributed by atoms with Crippen molar-refractivity contribution in [2.75, 3.05) is 36.4 Å². The predicted octanol–water partition coefficient (Wildman–Crippen LogP) is 8.42. The fraction of sp³-hybridized carbons (Fsp3) is 0.447. The lowest BCUT2D eigenvalue weighted by atomic mass is 9.60. The number of carbonyl (C=O) groups is 1. The molecule has 10 rings (SSSR count). The molecule has 3 aromatic carbocycles. The highest BCUT2D eigenvalue weighted by Crippen LogP contribution is 2.55. The quantitative estimate of drug-likeness (QED) is 0.0659. The fourth-order valence-electron chi connectivity index (χ4n) is 10.6. The van der Waals surface area contributed by atoms with Gasteiger partial charge in [0.25, 0.3) is 21.6 Å². The molecule has 14 nitrogen and oxygen atoms in total. The molecule has 1 atom stereocenters. The van der Waals surface area contributed by atoms with Gasteiger partial charge in [0.05, 0.1) is 27.2 Å². The molecule has 0 radical (unpaired) electrons. The van der Waals surface area contributed by atoms with Crippen LogP contribution in [0.2, 0.25) is 0 Å². The summed E-state index contributed by atoms with van der Waals surface area (Å²) in [5.41, 5.74) is 3.38. The molecule has 0 bridgehead atoms. The number of hydrogen-bond acceptors (Lipinski definition) is 11. The SMILES string of the molecule is CC1CCC(O)(CNc2ccc(S(=O)(=O)NC(=O)c3ccc(N4CC5(CC(N6CCC[C@H]6c6ccccc6C6CC6)C5)C4)cc3Oc3cnc4[nH]ccc4c3)cc2[N+](=O)[O-])CC1. The van der Waals surface area contributed by atoms with Crippen molar-refractivity contribution >= 4 is 44.0 Å². The third-order valence-electron chi connectivity index (χ3n) is 14.2. The number of benzene rings is 3. The number of rotatable bonds is 13. The monoisotopic (exact) mass is 859 g/mol. The Bertz CT molecular complexity index is 2640. The second-order valence-corrected chi connectivity index (χ2v) is 20.4. The molecule has 1 spiro atoms. The van der Waals surface area contributed by atoms with Gasteiger partial charge >= 0.3 is 0 Å². The molecule has 15 heteroatoms. The van der Waals surface area contributed by atoms with Crippen molar-refractivity contribution in [3.63, 3.8) is 0 Å². The number of sulfonamides is 1. The van der Waals surface area contributed by atoms with Crippen molar-refractivity contribution in [1.29, 1.82) is 0 Å². The Hall–Kier alpha value is -5.51. The van der Waals surface area contributed by atoms with Crippen LogP contribution in [0.3, 0.4) is 0 Å². The minimum atomic E-state index is -4.58. The van der Waals surface area contributed by atoms with E-state index in [1.165, 1.54) is 49.6 Å². The minimum absolute atomic E-state index is 0.0279. The van der Waals surface area contributed by atoms with E-state index in [2.05, 4.69) is 61.0 Å². The molecule has 324 valence electrons. The molecule has 2 saturated heterocycles. The van der Waals surface area contributed by atoms with Gasteiger partial charge in [0, 0.05) is 66.5 Å². The van der Waals surface area contributed by atoms with Gasteiger partial charge in [0.1, 0.15) is 22.8 Å². The van der Waals surface area contributed by atoms with Gasteiger partial charge in [0.15, 0.2) is 0 Å². The van der Waals surface area contributed by atoms with Crippen LogP contribution in [-0.2, 0) is 10.0 Å². The Balaban J connectivity index is 0.847. The number of nitrogens with zero attached hydrogens (tertiary/aromatic N) is 4. The Morgan fingerprint density at radius 2 is 1.77 bits per heavy atom. The maximum absolute atomic E-state index is 13.9. The zero-order valence-corrected chi connectivity index (χ0v) is 35.7. The molecular weight excluding hydrogens is 807 g/mol. The van der Waals surface area contributed by atoms with Crippen LogP contribution >= 0.6 is 0 Å². The van der Waals surface area contributed by atoms with Gasteiger partial charge in [-0.3, -0.25) is 19.8 Å². The molecule has 5 fully saturated rings. The number of aliphatic hydroxyl groups is 1. The van der Waals surface area contributed by atoms with E-state index < -0.39 is 37.0 Å². The predicted molar refractivity (Wildman–Crippen MR) is 236 cm³/mol. The number of ether oxygens (including phenoxy) is 1. The van der Waals surface area contributed by atoms with Crippen LogP contribution in [0.25, 0.3) is 11.0 Å². The zero-order chi connectivity index (χ0) is 42.8. The van der Waals surface area contributed by atoms with Crippen LogP contribution in [0, 0.1) is 21.4 Å². The van der Waals surface area contributed by atoms with Gasteiger partial charge in [-0.05, 0) is 130 Å². The van der Waals surface area contributed by atoms with Crippen LogP contribution in [-0.4, -0.2) is 77.0 Å². The van der Waals surface area contributed by atoms with Crippen LogP contribution < -0.4 is 19.7 Å². The molecule has 0 unspecified atom stereocenters. The molecule has 1 amide bonds. The summed E-state index contributed by atoms with van der Waals surface area (Å²) >= 11 is 0. The van der Waals surface area contributed by atoms with Gasteiger partial charge in [-0.25, -0.2) is 18.1 Å². The highest BCUT2D eigenvalue weighted by molar-refractivity contribution is 7.90. The first kappa shape index (κ1) is 40.6. The number of nitro benzene ring substituents is 1. The fourth-order valence-corrected chi connectivity index (χ4v) is 11.5. The van der Waals surface area contributed by atoms with Crippen LogP contribution in [0.5, 0.6) is 11.5 Å². The second-order valence-electron chi connectivity index (χ2n) is 18.7. The number of pyridine rings is 1. The maximum Gasteiger partial charge on any atom is 0.293 e. The number of H-pyrrole nitrogens is 1. The number of nitrogens with one attached hydrogen (secondary N) is 3. The lowest BCUT2D eigenvalue weighted by molar-refractivity contribution is -0.384. The van der Waals surface area contributed by atoms with Crippen LogP contribution in [0.4, 0.5) is 17.1 Å². The maximum atomic E-state index is 13.9. The Kier molecular flexibility index (Phi) is 10.3. The summed E-state index contributed by atoms with van der Waals surface area (Å²) < 4.78 is 35.9. The van der Waals surface area contributed by atoms with E-state index in [0.29, 0.717) is 42.2 Å². The van der Waals surface area contributed by atoms with Crippen molar-refractivity contribution in [3.05, 3.63) is 112 Å². The molecule has 3 aliphatic carbocycles. The van der Waals surface area contributed by atoms with Crippen molar-refractivity contribution in [1.82, 2.24) is 19.6 Å². The standard InChI is InChI=1S/C47H53N7O7S/c1-30-14-17-47(56,18-15-30)27-50-40-13-11-36(23-42(40)54(57)58)62(59,60)51-45(55)39-12-10-33(22-43(39)61-35-21-32-16-19-48-44(32)49-26-35)52-28-46(29-52)24-34(25-46)53-20-4-7-41(53)38-6-3-2-5-37(38)31-8-9-31/h2-3,5-6,10-13,16,19,21-23,26,30-31,34,41,50,56H,4,7-9,14-15,17-18,20,24-25,27-29H2,1H3,(H,48,49)(H,51,55)/t30?,41-,47?/m0/s1. The zero-order valence-electron chi connectivity index (χ0n) is 34.9. The molecule has 4 N–H and O–H groups in total. The van der Waals surface area contributed by atoms with Gasteiger partial charge in [-0.2, -0.15) is 0 Å². The Morgan fingerprint density at radius 1 is 1.00 bits per heavy atom. The molecule has 5 aliphatic rings. The summed E-state index contributed by atoms with van der Waals surface area (Å²) in [6, 6.07) is 22.3. The van der Waals surface area contributed by atoms with E-state index in [1.807, 2.05) is 12.1 Å². The number of aromatic amines is 1. The largest absolute Gasteiger partial charge is 0.455 e. The van der Waals surface area contributed by atoms with Crippen molar-refractivity contribution < 1.29 is 28.0 Å². The average molecular weight is 860 g/mol. The first-order chi connectivity index (χ1) is 29.8. The summed E-state index contributed by atoms with van der Waals surface area (Å²) in [4.78, 5) is 37.5. The van der Waals surface area contributed by atoms with Crippen LogP contribution in [0.15, 0.2) is 90.1 Å². The molecule has 5 aromatic rings. The number of amides is 1. The van der Waals surface area contributed by atoms with Gasteiger partial charge in [-0.15, -0.1) is 0 Å². The highest BCUT2D eigenvalue weighted by Gasteiger charge is 2.55. The number of aromatic nitrogens is 2. The second kappa shape index (κ2) is 15.7. The topological polar surface area (TPSA) is 183 Å². The summed E-state index contributed by atoms with van der Waals surface area (Å²) in [5.74, 6) is 0.784. The Morgan fingerprint density at radius 3 is 2.53 bits per heavy atom. The molecule has 2 aliphatic heterocycles. The lowest BCUT2D eigenvalue weighted by Gasteiger charge is -2.62.